The molecule has 0 unspecified atom stereocenters. The molecule has 0 atom stereocenters. The summed E-state index contributed by atoms with van der Waals surface area (Å²) < 4.78 is 1.54. The van der Waals surface area contributed by atoms with Crippen molar-refractivity contribution in [2.24, 2.45) is 0 Å². The first-order valence-corrected chi connectivity index (χ1v) is 7.16. The number of hydrogen-bond acceptors (Lipinski definition) is 4. The van der Waals surface area contributed by atoms with Crippen molar-refractivity contribution >= 4 is 29.3 Å². The van der Waals surface area contributed by atoms with E-state index in [2.05, 4.69) is 15.6 Å². The van der Waals surface area contributed by atoms with Gasteiger partial charge in [-0.05, 0) is 37.8 Å². The zero-order valence-electron chi connectivity index (χ0n) is 10.8. The van der Waals surface area contributed by atoms with E-state index in [9.17, 15) is 4.79 Å². The fourth-order valence-electron chi connectivity index (χ4n) is 1.57. The van der Waals surface area contributed by atoms with Crippen molar-refractivity contribution in [1.29, 1.82) is 0 Å². The second-order valence-corrected chi connectivity index (χ2v) is 5.17. The van der Waals surface area contributed by atoms with Crippen LogP contribution in [-0.4, -0.2) is 27.0 Å². The molecule has 100 valence electrons. The Hall–Kier alpha value is -1.53. The summed E-state index contributed by atoms with van der Waals surface area (Å²) in [6.45, 7) is 3.69. The Bertz CT molecular complexity index is 626. The van der Waals surface area contributed by atoms with Gasteiger partial charge in [-0.2, -0.15) is 0 Å². The molecule has 2 aromatic rings. The molecule has 0 aliphatic carbocycles. The first-order valence-electron chi connectivity index (χ1n) is 5.56. The standard InChI is InChI=1S/C12H13ClN4OS/c1-7-4-5-9(10(13)6-7)11(18)16-17-8(2)14-15-12(17)19-3/h4-6H,1-3H3,(H,16,18). The van der Waals surface area contributed by atoms with Crippen LogP contribution in [0.1, 0.15) is 21.7 Å². The van der Waals surface area contributed by atoms with E-state index < -0.39 is 0 Å². The van der Waals surface area contributed by atoms with Crippen LogP contribution >= 0.6 is 23.4 Å². The van der Waals surface area contributed by atoms with E-state index in [0.29, 0.717) is 21.6 Å². The summed E-state index contributed by atoms with van der Waals surface area (Å²) in [6, 6.07) is 5.30. The molecule has 0 aliphatic rings. The van der Waals surface area contributed by atoms with Crippen LogP contribution in [0.4, 0.5) is 0 Å². The highest BCUT2D eigenvalue weighted by molar-refractivity contribution is 7.98. The molecule has 1 heterocycles. The largest absolute Gasteiger partial charge is 0.271 e. The number of amides is 1. The number of hydrogen-bond donors (Lipinski definition) is 1. The number of carbonyl (C=O) groups excluding carboxylic acids is 1. The molecule has 1 aromatic heterocycles. The minimum Gasteiger partial charge on any atom is -0.267 e. The Kier molecular flexibility index (Phi) is 4.11. The molecule has 0 aliphatic heterocycles. The van der Waals surface area contributed by atoms with Crippen molar-refractivity contribution in [3.63, 3.8) is 0 Å². The number of benzene rings is 1. The first kappa shape index (κ1) is 13.9. The topological polar surface area (TPSA) is 59.8 Å². The number of nitrogens with one attached hydrogen (secondary N) is 1. The van der Waals surface area contributed by atoms with Gasteiger partial charge in [0.25, 0.3) is 5.91 Å². The number of carbonyl (C=O) groups is 1. The Morgan fingerprint density at radius 3 is 2.74 bits per heavy atom. The lowest BCUT2D eigenvalue weighted by atomic mass is 10.1. The van der Waals surface area contributed by atoms with Gasteiger partial charge < -0.3 is 0 Å². The highest BCUT2D eigenvalue weighted by Gasteiger charge is 2.14. The van der Waals surface area contributed by atoms with E-state index in [1.54, 1.807) is 23.7 Å². The van der Waals surface area contributed by atoms with E-state index in [1.165, 1.54) is 11.8 Å². The molecule has 19 heavy (non-hydrogen) atoms. The van der Waals surface area contributed by atoms with E-state index in [-0.39, 0.29) is 5.91 Å². The third-order valence-electron chi connectivity index (χ3n) is 2.56. The minimum absolute atomic E-state index is 0.289. The van der Waals surface area contributed by atoms with Gasteiger partial charge in [-0.1, -0.05) is 29.4 Å². The van der Waals surface area contributed by atoms with Crippen LogP contribution in [0.25, 0.3) is 0 Å². The number of thioether (sulfide) groups is 1. The quantitative estimate of drug-likeness (QED) is 0.885. The molecule has 2 rings (SSSR count). The summed E-state index contributed by atoms with van der Waals surface area (Å²) in [7, 11) is 0. The highest BCUT2D eigenvalue weighted by Crippen LogP contribution is 2.18. The van der Waals surface area contributed by atoms with Crippen molar-refractivity contribution < 1.29 is 4.79 Å². The summed E-state index contributed by atoms with van der Waals surface area (Å²) in [4.78, 5) is 12.2. The van der Waals surface area contributed by atoms with Crippen molar-refractivity contribution in [1.82, 2.24) is 14.9 Å². The molecule has 0 bridgehead atoms. The average molecular weight is 297 g/mol. The number of nitrogens with zero attached hydrogens (tertiary/aromatic N) is 3. The lowest BCUT2D eigenvalue weighted by Gasteiger charge is -2.10. The predicted molar refractivity (Wildman–Crippen MR) is 76.4 cm³/mol. The third kappa shape index (κ3) is 2.90. The fourth-order valence-corrected chi connectivity index (χ4v) is 2.37. The second-order valence-electron chi connectivity index (χ2n) is 3.99. The number of aromatic nitrogens is 3. The molecule has 1 aromatic carbocycles. The van der Waals surface area contributed by atoms with E-state index in [4.69, 9.17) is 11.6 Å². The lowest BCUT2D eigenvalue weighted by Crippen LogP contribution is -2.25. The van der Waals surface area contributed by atoms with Gasteiger partial charge in [0, 0.05) is 0 Å². The zero-order valence-corrected chi connectivity index (χ0v) is 12.3. The molecule has 0 saturated carbocycles. The summed E-state index contributed by atoms with van der Waals surface area (Å²) in [5.74, 6) is 0.323. The van der Waals surface area contributed by atoms with Gasteiger partial charge in [-0.3, -0.25) is 10.2 Å². The normalized spacial score (nSPS) is 10.5. The maximum absolute atomic E-state index is 12.2. The number of aryl methyl sites for hydroxylation is 2. The first-order chi connectivity index (χ1) is 9.02. The Morgan fingerprint density at radius 2 is 2.11 bits per heavy atom. The number of rotatable bonds is 3. The Balaban J connectivity index is 2.28. The van der Waals surface area contributed by atoms with E-state index in [0.717, 1.165) is 5.56 Å². The van der Waals surface area contributed by atoms with Gasteiger partial charge in [0.1, 0.15) is 5.82 Å². The summed E-state index contributed by atoms with van der Waals surface area (Å²) in [6.07, 6.45) is 1.87. The molecule has 0 fully saturated rings. The van der Waals surface area contributed by atoms with Crippen LogP contribution in [0.2, 0.25) is 5.02 Å². The molecule has 1 amide bonds. The maximum atomic E-state index is 12.2. The van der Waals surface area contributed by atoms with Gasteiger partial charge in [0.2, 0.25) is 5.16 Å². The highest BCUT2D eigenvalue weighted by atomic mass is 35.5. The van der Waals surface area contributed by atoms with Crippen LogP contribution in [0, 0.1) is 13.8 Å². The van der Waals surface area contributed by atoms with Gasteiger partial charge in [-0.15, -0.1) is 10.2 Å². The fraction of sp³-hybridized carbons (Fsp3) is 0.250. The van der Waals surface area contributed by atoms with Crippen molar-refractivity contribution in [2.75, 3.05) is 11.7 Å². The molecule has 7 heteroatoms. The summed E-state index contributed by atoms with van der Waals surface area (Å²) in [5, 5.41) is 8.91. The SMILES string of the molecule is CSc1nnc(C)n1NC(=O)c1ccc(C)cc1Cl. The van der Waals surface area contributed by atoms with Gasteiger partial charge in [0.05, 0.1) is 10.6 Å². The minimum atomic E-state index is -0.289. The van der Waals surface area contributed by atoms with Crippen molar-refractivity contribution in [3.8, 4) is 0 Å². The smallest absolute Gasteiger partial charge is 0.267 e. The van der Waals surface area contributed by atoms with Crippen LogP contribution < -0.4 is 5.43 Å². The van der Waals surface area contributed by atoms with E-state index >= 15 is 0 Å². The third-order valence-corrected chi connectivity index (χ3v) is 3.50. The van der Waals surface area contributed by atoms with Crippen LogP contribution in [0.3, 0.4) is 0 Å². The average Bonchev–Trinajstić information content (AvgIpc) is 2.70. The zero-order chi connectivity index (χ0) is 14.0. The molecular formula is C12H13ClN4OS. The van der Waals surface area contributed by atoms with Crippen LogP contribution in [0.5, 0.6) is 0 Å². The van der Waals surface area contributed by atoms with Gasteiger partial charge in [-0.25, -0.2) is 4.68 Å². The lowest BCUT2D eigenvalue weighted by molar-refractivity contribution is 0.101. The van der Waals surface area contributed by atoms with Crippen molar-refractivity contribution in [3.05, 3.63) is 40.2 Å². The van der Waals surface area contributed by atoms with Crippen LogP contribution in [0.15, 0.2) is 23.4 Å². The van der Waals surface area contributed by atoms with E-state index in [1.807, 2.05) is 19.2 Å². The van der Waals surface area contributed by atoms with Gasteiger partial charge in [0.15, 0.2) is 0 Å². The summed E-state index contributed by atoms with van der Waals surface area (Å²) >= 11 is 7.47. The predicted octanol–water partition coefficient (Wildman–Crippen LogP) is 2.65. The monoisotopic (exact) mass is 296 g/mol. The van der Waals surface area contributed by atoms with Crippen LogP contribution in [-0.2, 0) is 0 Å². The Morgan fingerprint density at radius 1 is 1.37 bits per heavy atom. The molecule has 5 nitrogen and oxygen atoms in total. The molecule has 1 N–H and O–H groups in total. The van der Waals surface area contributed by atoms with Gasteiger partial charge >= 0.3 is 0 Å². The maximum Gasteiger partial charge on any atom is 0.271 e. The second kappa shape index (κ2) is 5.63. The molecule has 0 saturated heterocycles. The molecule has 0 spiro atoms. The number of halogens is 1. The molecule has 0 radical (unpaired) electrons. The summed E-state index contributed by atoms with van der Waals surface area (Å²) in [5.41, 5.74) is 4.16. The molecular weight excluding hydrogens is 284 g/mol. The Labute approximate surface area is 120 Å². The van der Waals surface area contributed by atoms with Crippen molar-refractivity contribution in [2.45, 2.75) is 19.0 Å².